The van der Waals surface area contributed by atoms with E-state index >= 15 is 0 Å². The smallest absolute Gasteiger partial charge is 0.264 e. The summed E-state index contributed by atoms with van der Waals surface area (Å²) in [5.74, 6) is -0.856. The van der Waals surface area contributed by atoms with Gasteiger partial charge in [0, 0.05) is 23.5 Å². The second-order valence-electron chi connectivity index (χ2n) is 12.7. The molecule has 0 aliphatic carbocycles. The van der Waals surface area contributed by atoms with Gasteiger partial charge in [0.2, 0.25) is 11.8 Å². The SMILES string of the molecule is Cc1ccc(S(=O)(=O)N(CC(=O)N(Cc2ccccc2C)C(Cc2ccccc2)C(=O)NC(C)(C)C)c2ccc(C)c(Cl)c2)cc1. The van der Waals surface area contributed by atoms with E-state index in [1.165, 1.54) is 17.0 Å². The standard InChI is InChI=1S/C37H42ClN3O4S/c1-26-16-20-32(21-17-26)46(44,45)41(31-19-18-28(3)33(38)23-31)25-35(42)40(24-30-15-11-10-12-27(30)2)34(36(43)39-37(4,5)6)22-29-13-8-7-9-14-29/h7-21,23,34H,22,24-25H2,1-6H3,(H,39,43). The van der Waals surface area contributed by atoms with Gasteiger partial charge in [-0.1, -0.05) is 90.0 Å². The summed E-state index contributed by atoms with van der Waals surface area (Å²) in [6.45, 7) is 10.8. The summed E-state index contributed by atoms with van der Waals surface area (Å²) in [7, 11) is -4.22. The zero-order valence-electron chi connectivity index (χ0n) is 27.2. The summed E-state index contributed by atoms with van der Waals surface area (Å²) >= 11 is 6.47. The fourth-order valence-corrected chi connectivity index (χ4v) is 6.66. The molecular weight excluding hydrogens is 618 g/mol. The molecule has 1 atom stereocenters. The van der Waals surface area contributed by atoms with Gasteiger partial charge in [0.25, 0.3) is 10.0 Å². The number of aryl methyl sites for hydroxylation is 3. The van der Waals surface area contributed by atoms with Crippen LogP contribution >= 0.6 is 11.6 Å². The van der Waals surface area contributed by atoms with Gasteiger partial charge in [-0.2, -0.15) is 0 Å². The van der Waals surface area contributed by atoms with Crippen molar-refractivity contribution in [2.45, 2.75) is 71.0 Å². The highest BCUT2D eigenvalue weighted by atomic mass is 35.5. The number of amides is 2. The highest BCUT2D eigenvalue weighted by Gasteiger charge is 2.36. The fourth-order valence-electron chi connectivity index (χ4n) is 5.08. The Kier molecular flexibility index (Phi) is 11.0. The summed E-state index contributed by atoms with van der Waals surface area (Å²) in [5, 5.41) is 3.43. The molecule has 4 aromatic rings. The summed E-state index contributed by atoms with van der Waals surface area (Å²) in [6.07, 6.45) is 0.238. The quantitative estimate of drug-likeness (QED) is 0.188. The second kappa shape index (κ2) is 14.5. The normalized spacial score (nSPS) is 12.3. The third-order valence-electron chi connectivity index (χ3n) is 7.70. The Balaban J connectivity index is 1.84. The maximum Gasteiger partial charge on any atom is 0.264 e. The average Bonchev–Trinajstić information content (AvgIpc) is 2.99. The van der Waals surface area contributed by atoms with E-state index in [-0.39, 0.29) is 29.5 Å². The number of hydrogen-bond acceptors (Lipinski definition) is 4. The van der Waals surface area contributed by atoms with Crippen LogP contribution in [0.2, 0.25) is 5.02 Å². The lowest BCUT2D eigenvalue weighted by Gasteiger charge is -2.35. The molecule has 0 saturated heterocycles. The van der Waals surface area contributed by atoms with E-state index in [0.717, 1.165) is 32.1 Å². The molecule has 7 nitrogen and oxygen atoms in total. The minimum atomic E-state index is -4.22. The highest BCUT2D eigenvalue weighted by Crippen LogP contribution is 2.29. The van der Waals surface area contributed by atoms with Gasteiger partial charge in [-0.05, 0) is 88.1 Å². The first-order valence-electron chi connectivity index (χ1n) is 15.2. The van der Waals surface area contributed by atoms with Crippen molar-refractivity contribution < 1.29 is 18.0 Å². The Labute approximate surface area is 278 Å². The Morgan fingerprint density at radius 1 is 0.826 bits per heavy atom. The molecule has 1 N–H and O–H groups in total. The molecule has 9 heteroatoms. The molecule has 4 rings (SSSR count). The number of rotatable bonds is 11. The molecule has 0 aromatic heterocycles. The number of nitrogens with zero attached hydrogens (tertiary/aromatic N) is 2. The summed E-state index contributed by atoms with van der Waals surface area (Å²) < 4.78 is 29.5. The largest absolute Gasteiger partial charge is 0.350 e. The monoisotopic (exact) mass is 659 g/mol. The van der Waals surface area contributed by atoms with Crippen LogP contribution in [0.3, 0.4) is 0 Å². The molecule has 0 bridgehead atoms. The first kappa shape index (κ1) is 34.7. The van der Waals surface area contributed by atoms with E-state index in [1.807, 2.05) is 96.1 Å². The van der Waals surface area contributed by atoms with Crippen LogP contribution in [0.25, 0.3) is 0 Å². The van der Waals surface area contributed by atoms with Gasteiger partial charge in [0.05, 0.1) is 10.6 Å². The van der Waals surface area contributed by atoms with Crippen molar-refractivity contribution in [2.24, 2.45) is 0 Å². The number of halogens is 1. The average molecular weight is 660 g/mol. The van der Waals surface area contributed by atoms with Crippen molar-refractivity contribution in [1.29, 1.82) is 0 Å². The van der Waals surface area contributed by atoms with Crippen molar-refractivity contribution >= 4 is 39.1 Å². The molecule has 0 aliphatic rings. The third kappa shape index (κ3) is 8.77. The zero-order valence-corrected chi connectivity index (χ0v) is 28.8. The zero-order chi connectivity index (χ0) is 33.6. The second-order valence-corrected chi connectivity index (χ2v) is 14.9. The topological polar surface area (TPSA) is 86.8 Å². The number of hydrogen-bond donors (Lipinski definition) is 1. The molecular formula is C37H42ClN3O4S. The number of anilines is 1. The first-order chi connectivity index (χ1) is 21.7. The van der Waals surface area contributed by atoms with Crippen LogP contribution < -0.4 is 9.62 Å². The molecule has 0 aliphatic heterocycles. The van der Waals surface area contributed by atoms with Crippen molar-refractivity contribution in [2.75, 3.05) is 10.8 Å². The van der Waals surface area contributed by atoms with Crippen molar-refractivity contribution in [3.05, 3.63) is 130 Å². The van der Waals surface area contributed by atoms with E-state index in [2.05, 4.69) is 5.32 Å². The summed E-state index contributed by atoms with van der Waals surface area (Å²) in [4.78, 5) is 30.2. The molecule has 0 radical (unpaired) electrons. The lowest BCUT2D eigenvalue weighted by atomic mass is 10.00. The number of carbonyl (C=O) groups is 2. The summed E-state index contributed by atoms with van der Waals surface area (Å²) in [5.41, 5.74) is 4.02. The fraction of sp³-hybridized carbons (Fsp3) is 0.297. The van der Waals surface area contributed by atoms with Crippen molar-refractivity contribution in [3.63, 3.8) is 0 Å². The lowest BCUT2D eigenvalue weighted by molar-refractivity contribution is -0.140. The molecule has 0 heterocycles. The van der Waals surface area contributed by atoms with Gasteiger partial charge in [-0.3, -0.25) is 13.9 Å². The van der Waals surface area contributed by atoms with Gasteiger partial charge in [0.15, 0.2) is 0 Å². The van der Waals surface area contributed by atoms with E-state index in [1.54, 1.807) is 30.3 Å². The Hall–Kier alpha value is -4.14. The van der Waals surface area contributed by atoms with Crippen LogP contribution in [-0.2, 0) is 32.6 Å². The maximum absolute atomic E-state index is 14.6. The molecule has 0 fully saturated rings. The number of nitrogens with one attached hydrogen (secondary N) is 1. The van der Waals surface area contributed by atoms with Crippen LogP contribution in [0, 0.1) is 20.8 Å². The van der Waals surface area contributed by atoms with E-state index in [9.17, 15) is 18.0 Å². The predicted molar refractivity (Wildman–Crippen MR) is 185 cm³/mol. The molecule has 46 heavy (non-hydrogen) atoms. The Morgan fingerprint density at radius 2 is 1.46 bits per heavy atom. The van der Waals surface area contributed by atoms with Gasteiger partial charge >= 0.3 is 0 Å². The van der Waals surface area contributed by atoms with Crippen molar-refractivity contribution in [3.8, 4) is 0 Å². The van der Waals surface area contributed by atoms with Crippen LogP contribution in [0.15, 0.2) is 102 Å². The van der Waals surface area contributed by atoms with Crippen LogP contribution in [0.4, 0.5) is 5.69 Å². The van der Waals surface area contributed by atoms with E-state index in [0.29, 0.717) is 5.02 Å². The number of benzene rings is 4. The minimum absolute atomic E-state index is 0.0411. The minimum Gasteiger partial charge on any atom is -0.350 e. The Bertz CT molecular complexity index is 1790. The lowest BCUT2D eigenvalue weighted by Crippen LogP contribution is -2.56. The van der Waals surface area contributed by atoms with Gasteiger partial charge in [-0.15, -0.1) is 0 Å². The van der Waals surface area contributed by atoms with Crippen LogP contribution in [0.5, 0.6) is 0 Å². The number of sulfonamides is 1. The molecule has 242 valence electrons. The third-order valence-corrected chi connectivity index (χ3v) is 9.90. The number of carbonyl (C=O) groups excluding carboxylic acids is 2. The predicted octanol–water partition coefficient (Wildman–Crippen LogP) is 7.02. The Morgan fingerprint density at radius 3 is 2.07 bits per heavy atom. The molecule has 2 amide bonds. The van der Waals surface area contributed by atoms with Gasteiger partial charge in [-0.25, -0.2) is 8.42 Å². The van der Waals surface area contributed by atoms with Crippen LogP contribution in [0.1, 0.15) is 48.6 Å². The highest BCUT2D eigenvalue weighted by molar-refractivity contribution is 7.92. The maximum atomic E-state index is 14.6. The van der Waals surface area contributed by atoms with E-state index in [4.69, 9.17) is 11.6 Å². The van der Waals surface area contributed by atoms with Gasteiger partial charge < -0.3 is 10.2 Å². The summed E-state index contributed by atoms with van der Waals surface area (Å²) in [6, 6.07) is 27.6. The molecule has 0 saturated carbocycles. The molecule has 0 spiro atoms. The van der Waals surface area contributed by atoms with Crippen LogP contribution in [-0.4, -0.2) is 43.3 Å². The molecule has 1 unspecified atom stereocenters. The van der Waals surface area contributed by atoms with Crippen molar-refractivity contribution in [1.82, 2.24) is 10.2 Å². The molecule has 4 aromatic carbocycles. The van der Waals surface area contributed by atoms with Gasteiger partial charge in [0.1, 0.15) is 12.6 Å². The first-order valence-corrected chi connectivity index (χ1v) is 17.0. The van der Waals surface area contributed by atoms with E-state index < -0.39 is 34.1 Å².